The number of rotatable bonds is 7. The molecule has 166 valence electrons. The average Bonchev–Trinajstić information content (AvgIpc) is 2.83. The monoisotopic (exact) mass is 458 g/mol. The lowest BCUT2D eigenvalue weighted by atomic mass is 10.1. The largest absolute Gasteiger partial charge is 0.325 e. The Hall–Kier alpha value is -3.64. The van der Waals surface area contributed by atoms with Crippen molar-refractivity contribution in [3.8, 4) is 0 Å². The number of carbonyl (C=O) groups is 2. The van der Waals surface area contributed by atoms with Crippen LogP contribution in [-0.4, -0.2) is 17.1 Å². The van der Waals surface area contributed by atoms with Gasteiger partial charge in [0, 0.05) is 27.2 Å². The van der Waals surface area contributed by atoms with E-state index in [1.807, 2.05) is 67.6 Å². The van der Waals surface area contributed by atoms with Crippen LogP contribution >= 0.6 is 11.8 Å². The molecule has 1 atom stereocenters. The highest BCUT2D eigenvalue weighted by Gasteiger charge is 2.19. The Balaban J connectivity index is 1.45. The number of amides is 2. The van der Waals surface area contributed by atoms with Crippen molar-refractivity contribution >= 4 is 45.7 Å². The van der Waals surface area contributed by atoms with Crippen molar-refractivity contribution in [2.24, 2.45) is 0 Å². The number of thioether (sulfide) groups is 1. The van der Waals surface area contributed by atoms with Crippen molar-refractivity contribution in [2.45, 2.75) is 23.5 Å². The normalized spacial score (nSPS) is 11.7. The molecule has 0 aliphatic carbocycles. The molecule has 0 aliphatic rings. The number of halogens is 1. The molecule has 2 N–H and O–H groups in total. The zero-order valence-electron chi connectivity index (χ0n) is 18.0. The average molecular weight is 459 g/mol. The van der Waals surface area contributed by atoms with Crippen LogP contribution in [0.1, 0.15) is 23.7 Å². The van der Waals surface area contributed by atoms with E-state index in [-0.39, 0.29) is 17.1 Å². The van der Waals surface area contributed by atoms with E-state index in [1.165, 1.54) is 36.0 Å². The van der Waals surface area contributed by atoms with Crippen LogP contribution in [-0.2, 0) is 4.79 Å². The van der Waals surface area contributed by atoms with Gasteiger partial charge in [-0.1, -0.05) is 49.4 Å². The summed E-state index contributed by atoms with van der Waals surface area (Å²) in [6, 6.07) is 26.5. The van der Waals surface area contributed by atoms with E-state index < -0.39 is 5.82 Å². The number of anilines is 2. The Morgan fingerprint density at radius 3 is 2.39 bits per heavy atom. The molecule has 0 aromatic heterocycles. The molecule has 0 aliphatic heterocycles. The SMILES string of the molecule is CCC(Sc1cccc(NC(=O)c2ccc(F)cc2)c1)C(=O)Nc1cccc2ccccc12. The van der Waals surface area contributed by atoms with Crippen molar-refractivity contribution in [2.75, 3.05) is 10.6 Å². The highest BCUT2D eigenvalue weighted by molar-refractivity contribution is 8.00. The lowest BCUT2D eigenvalue weighted by Gasteiger charge is -2.16. The standard InChI is InChI=1S/C27H23FN2O2S/c1-2-25(27(32)30-24-12-5-8-18-7-3-4-11-23(18)24)33-22-10-6-9-21(17-22)29-26(31)19-13-15-20(28)16-14-19/h3-17,25H,2H2,1H3,(H,29,31)(H,30,32). The van der Waals surface area contributed by atoms with Gasteiger partial charge in [0.2, 0.25) is 5.91 Å². The molecule has 0 heterocycles. The summed E-state index contributed by atoms with van der Waals surface area (Å²) in [6.07, 6.45) is 0.646. The molecule has 4 aromatic carbocycles. The van der Waals surface area contributed by atoms with Crippen LogP contribution in [0, 0.1) is 5.82 Å². The third-order valence-corrected chi connectivity index (χ3v) is 6.55. The van der Waals surface area contributed by atoms with E-state index in [4.69, 9.17) is 0 Å². The summed E-state index contributed by atoms with van der Waals surface area (Å²) in [4.78, 5) is 26.3. The molecule has 0 radical (unpaired) electrons. The van der Waals surface area contributed by atoms with Gasteiger partial charge in [-0.25, -0.2) is 4.39 Å². The molecule has 2 amide bonds. The minimum absolute atomic E-state index is 0.0698. The maximum atomic E-state index is 13.1. The zero-order chi connectivity index (χ0) is 23.2. The zero-order valence-corrected chi connectivity index (χ0v) is 18.9. The van der Waals surface area contributed by atoms with E-state index in [2.05, 4.69) is 10.6 Å². The summed E-state index contributed by atoms with van der Waals surface area (Å²) in [5, 5.41) is 7.66. The summed E-state index contributed by atoms with van der Waals surface area (Å²) < 4.78 is 13.1. The highest BCUT2D eigenvalue weighted by Crippen LogP contribution is 2.30. The second kappa shape index (κ2) is 10.3. The molecule has 0 spiro atoms. The van der Waals surface area contributed by atoms with Crippen LogP contribution in [0.3, 0.4) is 0 Å². The van der Waals surface area contributed by atoms with E-state index >= 15 is 0 Å². The smallest absolute Gasteiger partial charge is 0.255 e. The van der Waals surface area contributed by atoms with Crippen LogP contribution in [0.2, 0.25) is 0 Å². The maximum absolute atomic E-state index is 13.1. The Morgan fingerprint density at radius 2 is 1.61 bits per heavy atom. The maximum Gasteiger partial charge on any atom is 0.255 e. The van der Waals surface area contributed by atoms with Crippen LogP contribution in [0.25, 0.3) is 10.8 Å². The Labute approximate surface area is 196 Å². The van der Waals surface area contributed by atoms with Gasteiger partial charge >= 0.3 is 0 Å². The van der Waals surface area contributed by atoms with E-state index in [9.17, 15) is 14.0 Å². The Bertz CT molecular complexity index is 1290. The summed E-state index contributed by atoms with van der Waals surface area (Å²) in [5.74, 6) is -0.783. The summed E-state index contributed by atoms with van der Waals surface area (Å²) in [7, 11) is 0. The molecule has 4 rings (SSSR count). The van der Waals surface area contributed by atoms with Crippen LogP contribution in [0.5, 0.6) is 0 Å². The first-order valence-corrected chi connectivity index (χ1v) is 11.5. The Kier molecular flexibility index (Phi) is 7.05. The number of hydrogen-bond acceptors (Lipinski definition) is 3. The molecule has 0 bridgehead atoms. The quantitative estimate of drug-likeness (QED) is 0.302. The molecule has 4 nitrogen and oxygen atoms in total. The fraction of sp³-hybridized carbons (Fsp3) is 0.111. The van der Waals surface area contributed by atoms with Gasteiger partial charge in [-0.05, 0) is 60.3 Å². The molecule has 0 saturated heterocycles. The van der Waals surface area contributed by atoms with Crippen LogP contribution in [0.4, 0.5) is 15.8 Å². The van der Waals surface area contributed by atoms with Crippen LogP contribution in [0.15, 0.2) is 95.9 Å². The summed E-state index contributed by atoms with van der Waals surface area (Å²) in [6.45, 7) is 1.97. The van der Waals surface area contributed by atoms with Gasteiger partial charge in [-0.15, -0.1) is 11.8 Å². The van der Waals surface area contributed by atoms with Gasteiger partial charge < -0.3 is 10.6 Å². The lowest BCUT2D eigenvalue weighted by Crippen LogP contribution is -2.24. The topological polar surface area (TPSA) is 58.2 Å². The van der Waals surface area contributed by atoms with Gasteiger partial charge in [0.25, 0.3) is 5.91 Å². The van der Waals surface area contributed by atoms with E-state index in [0.717, 1.165) is 21.4 Å². The molecular weight excluding hydrogens is 435 g/mol. The third-order valence-electron chi connectivity index (χ3n) is 5.19. The predicted molar refractivity (Wildman–Crippen MR) is 133 cm³/mol. The molecular formula is C27H23FN2O2S. The molecule has 0 fully saturated rings. The van der Waals surface area contributed by atoms with Gasteiger partial charge in [0.1, 0.15) is 5.82 Å². The third kappa shape index (κ3) is 5.59. The fourth-order valence-corrected chi connectivity index (χ4v) is 4.50. The first-order chi connectivity index (χ1) is 16.0. The van der Waals surface area contributed by atoms with Crippen molar-refractivity contribution < 1.29 is 14.0 Å². The number of benzene rings is 4. The van der Waals surface area contributed by atoms with Crippen molar-refractivity contribution in [1.29, 1.82) is 0 Å². The van der Waals surface area contributed by atoms with Gasteiger partial charge in [0.05, 0.1) is 5.25 Å². The van der Waals surface area contributed by atoms with Crippen molar-refractivity contribution in [3.05, 3.63) is 102 Å². The second-order valence-electron chi connectivity index (χ2n) is 7.52. The molecule has 4 aromatic rings. The van der Waals surface area contributed by atoms with Gasteiger partial charge in [-0.2, -0.15) is 0 Å². The summed E-state index contributed by atoms with van der Waals surface area (Å²) >= 11 is 1.45. The van der Waals surface area contributed by atoms with Gasteiger partial charge in [0.15, 0.2) is 0 Å². The second-order valence-corrected chi connectivity index (χ2v) is 8.80. The van der Waals surface area contributed by atoms with Crippen molar-refractivity contribution in [1.82, 2.24) is 0 Å². The Morgan fingerprint density at radius 1 is 0.879 bits per heavy atom. The number of hydrogen-bond donors (Lipinski definition) is 2. The molecule has 0 saturated carbocycles. The number of fused-ring (bicyclic) bond motifs is 1. The molecule has 33 heavy (non-hydrogen) atoms. The highest BCUT2D eigenvalue weighted by atomic mass is 32.2. The van der Waals surface area contributed by atoms with E-state index in [1.54, 1.807) is 6.07 Å². The predicted octanol–water partition coefficient (Wildman–Crippen LogP) is 6.74. The first kappa shape index (κ1) is 22.6. The first-order valence-electron chi connectivity index (χ1n) is 10.7. The molecule has 6 heteroatoms. The summed E-state index contributed by atoms with van der Waals surface area (Å²) in [5.41, 5.74) is 1.77. The fourth-order valence-electron chi connectivity index (χ4n) is 3.49. The minimum atomic E-state index is -0.391. The van der Waals surface area contributed by atoms with Gasteiger partial charge in [-0.3, -0.25) is 9.59 Å². The van der Waals surface area contributed by atoms with Crippen LogP contribution < -0.4 is 10.6 Å². The minimum Gasteiger partial charge on any atom is -0.325 e. The number of nitrogens with one attached hydrogen (secondary N) is 2. The lowest BCUT2D eigenvalue weighted by molar-refractivity contribution is -0.115. The molecule has 1 unspecified atom stereocenters. The van der Waals surface area contributed by atoms with Crippen molar-refractivity contribution in [3.63, 3.8) is 0 Å². The van der Waals surface area contributed by atoms with E-state index in [0.29, 0.717) is 17.7 Å². The number of carbonyl (C=O) groups excluding carboxylic acids is 2.